The van der Waals surface area contributed by atoms with Crippen LogP contribution in [0, 0.1) is 0 Å². The van der Waals surface area contributed by atoms with E-state index in [1.165, 1.54) is 18.4 Å². The molecule has 24 heavy (non-hydrogen) atoms. The van der Waals surface area contributed by atoms with Gasteiger partial charge in [-0.2, -0.15) is 0 Å². The molecule has 2 N–H and O–H groups in total. The predicted octanol–water partition coefficient (Wildman–Crippen LogP) is 3.06. The van der Waals surface area contributed by atoms with Crippen LogP contribution in [0.4, 0.5) is 0 Å². The lowest BCUT2D eigenvalue weighted by Crippen LogP contribution is -2.40. The van der Waals surface area contributed by atoms with E-state index in [0.29, 0.717) is 6.42 Å². The molecule has 2 amide bonds. The van der Waals surface area contributed by atoms with E-state index in [4.69, 9.17) is 8.83 Å². The zero-order valence-electron chi connectivity index (χ0n) is 13.0. The smallest absolute Gasteiger partial charge is 0.305 e. The fourth-order valence-electron chi connectivity index (χ4n) is 2.35. The van der Waals surface area contributed by atoms with Crippen molar-refractivity contribution >= 4 is 28.9 Å². The van der Waals surface area contributed by atoms with Gasteiger partial charge >= 0.3 is 5.91 Å². The zero-order chi connectivity index (χ0) is 16.9. The van der Waals surface area contributed by atoms with Crippen molar-refractivity contribution < 1.29 is 18.4 Å². The average Bonchev–Trinajstić information content (AvgIpc) is 3.25. The number of para-hydroxylation sites is 1. The zero-order valence-corrected chi connectivity index (χ0v) is 13.0. The van der Waals surface area contributed by atoms with Gasteiger partial charge in [0.1, 0.15) is 11.3 Å². The highest BCUT2D eigenvalue weighted by molar-refractivity contribution is 5.98. The Kier molecular flexibility index (Phi) is 4.47. The molecule has 122 valence electrons. The number of nitrogens with one attached hydrogen (secondary N) is 2. The lowest BCUT2D eigenvalue weighted by Gasteiger charge is -2.02. The van der Waals surface area contributed by atoms with Crippen molar-refractivity contribution in [1.29, 1.82) is 0 Å². The maximum Gasteiger partial charge on any atom is 0.305 e. The standard InChI is InChI=1S/C18H16N2O4/c1-2-14-13(12-6-3-4-7-15(12)24-14)9-10-17(21)19-20-18(22)16-8-5-11-23-16/h3-11H,2H2,1H3,(H,19,21)(H,20,22)/b10-9+. The number of carbonyl (C=O) groups is 2. The van der Waals surface area contributed by atoms with E-state index in [-0.39, 0.29) is 5.76 Å². The molecule has 0 saturated heterocycles. The number of carbonyl (C=O) groups excluding carboxylic acids is 2. The van der Waals surface area contributed by atoms with Crippen LogP contribution in [-0.4, -0.2) is 11.8 Å². The predicted molar refractivity (Wildman–Crippen MR) is 88.9 cm³/mol. The number of fused-ring (bicyclic) bond motifs is 1. The van der Waals surface area contributed by atoms with Gasteiger partial charge in [0.05, 0.1) is 6.26 Å². The van der Waals surface area contributed by atoms with Crippen LogP contribution < -0.4 is 10.9 Å². The summed E-state index contributed by atoms with van der Waals surface area (Å²) in [5.41, 5.74) is 6.22. The molecule has 0 saturated carbocycles. The van der Waals surface area contributed by atoms with Gasteiger partial charge in [0, 0.05) is 23.4 Å². The molecule has 0 aliphatic carbocycles. The molecule has 0 radical (unpaired) electrons. The Balaban J connectivity index is 1.69. The minimum Gasteiger partial charge on any atom is -0.460 e. The normalized spacial score (nSPS) is 11.0. The van der Waals surface area contributed by atoms with E-state index >= 15 is 0 Å². The average molecular weight is 324 g/mol. The van der Waals surface area contributed by atoms with Crippen LogP contribution in [-0.2, 0) is 11.2 Å². The first-order chi connectivity index (χ1) is 11.7. The van der Waals surface area contributed by atoms with E-state index in [1.807, 2.05) is 31.2 Å². The van der Waals surface area contributed by atoms with Gasteiger partial charge in [-0.15, -0.1) is 0 Å². The highest BCUT2D eigenvalue weighted by atomic mass is 16.3. The summed E-state index contributed by atoms with van der Waals surface area (Å²) in [6.45, 7) is 1.98. The molecule has 2 aromatic heterocycles. The summed E-state index contributed by atoms with van der Waals surface area (Å²) in [5.74, 6) is -0.0553. The number of benzene rings is 1. The SMILES string of the molecule is CCc1oc2ccccc2c1/C=C/C(=O)NNC(=O)c1ccco1. The molecule has 1 aromatic carbocycles. The third kappa shape index (κ3) is 3.22. The fraction of sp³-hybridized carbons (Fsp3) is 0.111. The van der Waals surface area contributed by atoms with Crippen LogP contribution in [0.1, 0.15) is 28.8 Å². The van der Waals surface area contributed by atoms with Crippen LogP contribution in [0.2, 0.25) is 0 Å². The fourth-order valence-corrected chi connectivity index (χ4v) is 2.35. The van der Waals surface area contributed by atoms with Gasteiger partial charge in [0.25, 0.3) is 5.91 Å². The largest absolute Gasteiger partial charge is 0.460 e. The molecular weight excluding hydrogens is 308 g/mol. The van der Waals surface area contributed by atoms with Crippen molar-refractivity contribution in [2.75, 3.05) is 0 Å². The van der Waals surface area contributed by atoms with Crippen LogP contribution in [0.15, 0.2) is 57.6 Å². The quantitative estimate of drug-likeness (QED) is 0.570. The third-order valence-electron chi connectivity index (χ3n) is 3.48. The van der Waals surface area contributed by atoms with Crippen LogP contribution >= 0.6 is 0 Å². The van der Waals surface area contributed by atoms with Gasteiger partial charge in [0.2, 0.25) is 0 Å². The van der Waals surface area contributed by atoms with Crippen molar-refractivity contribution in [3.63, 3.8) is 0 Å². The number of hydrogen-bond acceptors (Lipinski definition) is 4. The molecular formula is C18H16N2O4. The van der Waals surface area contributed by atoms with Gasteiger partial charge in [-0.3, -0.25) is 20.4 Å². The minimum absolute atomic E-state index is 0.119. The Hall–Kier alpha value is -3.28. The van der Waals surface area contributed by atoms with E-state index in [1.54, 1.807) is 12.1 Å². The highest BCUT2D eigenvalue weighted by Crippen LogP contribution is 2.27. The van der Waals surface area contributed by atoms with Gasteiger partial charge in [-0.25, -0.2) is 0 Å². The van der Waals surface area contributed by atoms with E-state index in [2.05, 4.69) is 10.9 Å². The van der Waals surface area contributed by atoms with Crippen LogP contribution in [0.5, 0.6) is 0 Å². The van der Waals surface area contributed by atoms with Gasteiger partial charge in [-0.1, -0.05) is 25.1 Å². The van der Waals surface area contributed by atoms with E-state index in [9.17, 15) is 9.59 Å². The highest BCUT2D eigenvalue weighted by Gasteiger charge is 2.11. The Labute approximate surface area is 138 Å². The number of hydrogen-bond donors (Lipinski definition) is 2. The van der Waals surface area contributed by atoms with Crippen molar-refractivity contribution in [2.24, 2.45) is 0 Å². The molecule has 0 spiro atoms. The summed E-state index contributed by atoms with van der Waals surface area (Å²) < 4.78 is 10.7. The second-order valence-electron chi connectivity index (χ2n) is 5.04. The lowest BCUT2D eigenvalue weighted by atomic mass is 10.1. The summed E-state index contributed by atoms with van der Waals surface area (Å²) in [6.07, 6.45) is 5.12. The van der Waals surface area contributed by atoms with Gasteiger partial charge in [-0.05, 0) is 24.3 Å². The molecule has 0 bridgehead atoms. The Morgan fingerprint density at radius 2 is 1.96 bits per heavy atom. The molecule has 2 heterocycles. The molecule has 0 atom stereocenters. The van der Waals surface area contributed by atoms with Gasteiger partial charge < -0.3 is 8.83 Å². The van der Waals surface area contributed by atoms with Crippen LogP contribution in [0.3, 0.4) is 0 Å². The summed E-state index contributed by atoms with van der Waals surface area (Å²) in [4.78, 5) is 23.5. The minimum atomic E-state index is -0.523. The van der Waals surface area contributed by atoms with Crippen molar-refractivity contribution in [3.8, 4) is 0 Å². The molecule has 3 rings (SSSR count). The van der Waals surface area contributed by atoms with E-state index in [0.717, 1.165) is 22.3 Å². The first-order valence-corrected chi connectivity index (χ1v) is 7.51. The molecule has 3 aromatic rings. The monoisotopic (exact) mass is 324 g/mol. The van der Waals surface area contributed by atoms with Crippen molar-refractivity contribution in [3.05, 3.63) is 65.8 Å². The molecule has 0 aliphatic heterocycles. The molecule has 0 aliphatic rings. The summed E-state index contributed by atoms with van der Waals surface area (Å²) in [6, 6.07) is 10.7. The number of amides is 2. The Bertz CT molecular complexity index is 891. The number of rotatable bonds is 4. The van der Waals surface area contributed by atoms with Crippen molar-refractivity contribution in [1.82, 2.24) is 10.9 Å². The number of furan rings is 2. The second-order valence-corrected chi connectivity index (χ2v) is 5.04. The Morgan fingerprint density at radius 1 is 1.12 bits per heavy atom. The van der Waals surface area contributed by atoms with Crippen molar-refractivity contribution in [2.45, 2.75) is 13.3 Å². The molecule has 0 fully saturated rings. The molecule has 6 heteroatoms. The second kappa shape index (κ2) is 6.87. The maximum atomic E-state index is 11.9. The summed E-state index contributed by atoms with van der Waals surface area (Å²) >= 11 is 0. The number of aryl methyl sites for hydroxylation is 1. The summed E-state index contributed by atoms with van der Waals surface area (Å²) in [5, 5.41) is 0.943. The topological polar surface area (TPSA) is 84.5 Å². The first-order valence-electron chi connectivity index (χ1n) is 7.51. The van der Waals surface area contributed by atoms with Crippen LogP contribution in [0.25, 0.3) is 17.0 Å². The molecule has 0 unspecified atom stereocenters. The Morgan fingerprint density at radius 3 is 2.71 bits per heavy atom. The van der Waals surface area contributed by atoms with E-state index < -0.39 is 11.8 Å². The first kappa shape index (κ1) is 15.6. The maximum absolute atomic E-state index is 11.9. The third-order valence-corrected chi connectivity index (χ3v) is 3.48. The number of hydrazine groups is 1. The molecule has 6 nitrogen and oxygen atoms in total. The summed E-state index contributed by atoms with van der Waals surface area (Å²) in [7, 11) is 0. The van der Waals surface area contributed by atoms with Gasteiger partial charge in [0.15, 0.2) is 5.76 Å². The lowest BCUT2D eigenvalue weighted by molar-refractivity contribution is -0.117.